The average molecular weight is 313 g/mol. The van der Waals surface area contributed by atoms with Crippen LogP contribution in [0.2, 0.25) is 0 Å². The summed E-state index contributed by atoms with van der Waals surface area (Å²) in [6.45, 7) is 10.6. The first-order chi connectivity index (χ1) is 10.4. The summed E-state index contributed by atoms with van der Waals surface area (Å²) in [5.41, 5.74) is 0. The molecule has 1 saturated carbocycles. The fourth-order valence-corrected chi connectivity index (χ4v) is 2.93. The lowest BCUT2D eigenvalue weighted by molar-refractivity contribution is -0.139. The third-order valence-corrected chi connectivity index (χ3v) is 4.07. The minimum absolute atomic E-state index is 0.0142. The van der Waals surface area contributed by atoms with Crippen molar-refractivity contribution in [2.45, 2.75) is 59.0 Å². The van der Waals surface area contributed by atoms with E-state index < -0.39 is 5.97 Å². The Kier molecular flexibility index (Phi) is 7.65. The number of amides is 2. The van der Waals surface area contributed by atoms with Gasteiger partial charge in [-0.25, -0.2) is 4.79 Å². The van der Waals surface area contributed by atoms with E-state index in [1.165, 1.54) is 0 Å². The van der Waals surface area contributed by atoms with Gasteiger partial charge in [0.1, 0.15) is 0 Å². The minimum Gasteiger partial charge on any atom is -0.480 e. The van der Waals surface area contributed by atoms with Gasteiger partial charge in [0.2, 0.25) is 0 Å². The van der Waals surface area contributed by atoms with Crippen molar-refractivity contribution in [2.75, 3.05) is 26.2 Å². The van der Waals surface area contributed by atoms with Crippen molar-refractivity contribution >= 4 is 12.0 Å². The van der Waals surface area contributed by atoms with Crippen LogP contribution in [0.15, 0.2) is 0 Å². The van der Waals surface area contributed by atoms with Crippen LogP contribution < -0.4 is 5.32 Å². The maximum Gasteiger partial charge on any atom is 0.317 e. The number of hydrogen-bond donors (Lipinski definition) is 2. The van der Waals surface area contributed by atoms with E-state index in [-0.39, 0.29) is 24.7 Å². The third kappa shape index (κ3) is 5.83. The zero-order chi connectivity index (χ0) is 16.7. The van der Waals surface area contributed by atoms with E-state index in [4.69, 9.17) is 5.11 Å². The van der Waals surface area contributed by atoms with Crippen LogP contribution in [0.25, 0.3) is 0 Å². The number of carbonyl (C=O) groups excluding carboxylic acids is 1. The Bertz CT molecular complexity index is 368. The van der Waals surface area contributed by atoms with Crippen LogP contribution >= 0.6 is 0 Å². The number of rotatable bonds is 9. The van der Waals surface area contributed by atoms with Crippen LogP contribution in [0, 0.1) is 5.92 Å². The van der Waals surface area contributed by atoms with Gasteiger partial charge in [0.25, 0.3) is 0 Å². The topological polar surface area (TPSA) is 72.9 Å². The van der Waals surface area contributed by atoms with Crippen molar-refractivity contribution in [2.24, 2.45) is 5.92 Å². The molecule has 1 rings (SSSR count). The van der Waals surface area contributed by atoms with Crippen molar-refractivity contribution in [1.29, 1.82) is 0 Å². The van der Waals surface area contributed by atoms with Crippen LogP contribution in [0.3, 0.4) is 0 Å². The first-order valence-electron chi connectivity index (χ1n) is 8.38. The molecule has 0 spiro atoms. The summed E-state index contributed by atoms with van der Waals surface area (Å²) in [5.74, 6) is -0.335. The lowest BCUT2D eigenvalue weighted by Gasteiger charge is -2.42. The van der Waals surface area contributed by atoms with Crippen molar-refractivity contribution in [3.05, 3.63) is 0 Å². The number of carbonyl (C=O) groups is 2. The predicted octanol–water partition coefficient (Wildman–Crippen LogP) is 2.00. The van der Waals surface area contributed by atoms with Gasteiger partial charge in [-0.1, -0.05) is 27.7 Å². The fourth-order valence-electron chi connectivity index (χ4n) is 2.93. The predicted molar refractivity (Wildman–Crippen MR) is 86.9 cm³/mol. The molecular formula is C16H31N3O3. The summed E-state index contributed by atoms with van der Waals surface area (Å²) in [7, 11) is 0. The number of urea groups is 1. The Morgan fingerprint density at radius 3 is 2.36 bits per heavy atom. The fraction of sp³-hybridized carbons (Fsp3) is 0.875. The number of aliphatic carboxylic acids is 1. The van der Waals surface area contributed by atoms with E-state index in [0.717, 1.165) is 38.9 Å². The number of carboxylic acids is 1. The standard InChI is InChI=1S/C16H31N3O3/c1-5-7-19(10-12(3)4)16(22)17-13-8-14(9-13)18(6-2)11-15(20)21/h12-14H,5-11H2,1-4H3,(H,17,22)(H,20,21). The molecule has 1 fully saturated rings. The van der Waals surface area contributed by atoms with E-state index in [1.807, 2.05) is 16.7 Å². The van der Waals surface area contributed by atoms with Gasteiger partial charge in [-0.05, 0) is 31.7 Å². The van der Waals surface area contributed by atoms with Gasteiger partial charge >= 0.3 is 12.0 Å². The molecule has 2 amide bonds. The van der Waals surface area contributed by atoms with Crippen LogP contribution in [0.5, 0.6) is 0 Å². The normalized spacial score (nSPS) is 20.8. The highest BCUT2D eigenvalue weighted by molar-refractivity contribution is 5.74. The van der Waals surface area contributed by atoms with Crippen LogP contribution in [0.1, 0.15) is 47.0 Å². The Morgan fingerprint density at radius 2 is 1.91 bits per heavy atom. The van der Waals surface area contributed by atoms with Gasteiger partial charge in [0.15, 0.2) is 0 Å². The molecule has 2 N–H and O–H groups in total. The van der Waals surface area contributed by atoms with Crippen molar-refractivity contribution in [3.63, 3.8) is 0 Å². The summed E-state index contributed by atoms with van der Waals surface area (Å²) >= 11 is 0. The summed E-state index contributed by atoms with van der Waals surface area (Å²) in [6.07, 6.45) is 2.64. The van der Waals surface area contributed by atoms with Gasteiger partial charge in [-0.3, -0.25) is 9.69 Å². The number of likely N-dealkylation sites (N-methyl/N-ethyl adjacent to an activating group) is 1. The lowest BCUT2D eigenvalue weighted by Crippen LogP contribution is -2.57. The molecule has 1 aliphatic carbocycles. The Hall–Kier alpha value is -1.30. The molecule has 0 aromatic heterocycles. The highest BCUT2D eigenvalue weighted by atomic mass is 16.4. The summed E-state index contributed by atoms with van der Waals surface area (Å²) < 4.78 is 0. The molecule has 22 heavy (non-hydrogen) atoms. The molecule has 6 heteroatoms. The van der Waals surface area contributed by atoms with Crippen molar-refractivity contribution in [3.8, 4) is 0 Å². The Labute approximate surface area is 133 Å². The molecule has 0 radical (unpaired) electrons. The van der Waals surface area contributed by atoms with Gasteiger partial charge in [0, 0.05) is 25.2 Å². The molecule has 0 heterocycles. The first kappa shape index (κ1) is 18.7. The minimum atomic E-state index is -0.791. The largest absolute Gasteiger partial charge is 0.480 e. The monoisotopic (exact) mass is 313 g/mol. The van der Waals surface area contributed by atoms with Crippen LogP contribution in [-0.2, 0) is 4.79 Å². The zero-order valence-corrected chi connectivity index (χ0v) is 14.3. The van der Waals surface area contributed by atoms with E-state index in [1.54, 1.807) is 0 Å². The Balaban J connectivity index is 2.39. The highest BCUT2D eigenvalue weighted by Crippen LogP contribution is 2.25. The number of nitrogens with zero attached hydrogens (tertiary/aromatic N) is 2. The van der Waals surface area contributed by atoms with E-state index in [0.29, 0.717) is 5.92 Å². The van der Waals surface area contributed by atoms with Gasteiger partial charge < -0.3 is 15.3 Å². The molecular weight excluding hydrogens is 282 g/mol. The smallest absolute Gasteiger partial charge is 0.317 e. The number of nitrogens with one attached hydrogen (secondary N) is 1. The number of carboxylic acid groups (broad SMARTS) is 1. The molecule has 6 nitrogen and oxygen atoms in total. The van der Waals surface area contributed by atoms with Crippen LogP contribution in [0.4, 0.5) is 4.79 Å². The maximum atomic E-state index is 12.3. The number of hydrogen-bond acceptors (Lipinski definition) is 3. The average Bonchev–Trinajstić information content (AvgIpc) is 2.38. The second-order valence-electron chi connectivity index (χ2n) is 6.57. The zero-order valence-electron chi connectivity index (χ0n) is 14.3. The molecule has 0 saturated heterocycles. The van der Waals surface area contributed by atoms with Gasteiger partial charge in [-0.15, -0.1) is 0 Å². The van der Waals surface area contributed by atoms with Gasteiger partial charge in [-0.2, -0.15) is 0 Å². The van der Waals surface area contributed by atoms with Crippen molar-refractivity contribution < 1.29 is 14.7 Å². The second-order valence-corrected chi connectivity index (χ2v) is 6.57. The molecule has 1 aliphatic rings. The molecule has 0 atom stereocenters. The maximum absolute atomic E-state index is 12.3. The first-order valence-corrected chi connectivity index (χ1v) is 8.38. The molecule has 0 bridgehead atoms. The Morgan fingerprint density at radius 1 is 1.27 bits per heavy atom. The van der Waals surface area contributed by atoms with E-state index in [2.05, 4.69) is 26.1 Å². The third-order valence-electron chi connectivity index (χ3n) is 4.07. The molecule has 0 aromatic carbocycles. The summed E-state index contributed by atoms with van der Waals surface area (Å²) in [6, 6.07) is 0.461. The summed E-state index contributed by atoms with van der Waals surface area (Å²) in [4.78, 5) is 27.0. The van der Waals surface area contributed by atoms with E-state index in [9.17, 15) is 9.59 Å². The molecule has 128 valence electrons. The quantitative estimate of drug-likeness (QED) is 0.683. The van der Waals surface area contributed by atoms with E-state index >= 15 is 0 Å². The van der Waals surface area contributed by atoms with Crippen molar-refractivity contribution in [1.82, 2.24) is 15.1 Å². The molecule has 0 unspecified atom stereocenters. The summed E-state index contributed by atoms with van der Waals surface area (Å²) in [5, 5.41) is 12.0. The SMILES string of the molecule is CCCN(CC(C)C)C(=O)NC1CC(N(CC)CC(=O)O)C1. The lowest BCUT2D eigenvalue weighted by atomic mass is 9.85. The highest BCUT2D eigenvalue weighted by Gasteiger charge is 2.35. The molecule has 0 aromatic rings. The second kappa shape index (κ2) is 8.98. The van der Waals surface area contributed by atoms with Crippen LogP contribution in [-0.4, -0.2) is 65.2 Å². The molecule has 0 aliphatic heterocycles. The van der Waals surface area contributed by atoms with Gasteiger partial charge in [0.05, 0.1) is 6.54 Å².